The molecular weight excluding hydrogens is 705 g/mol. The molecule has 9 nitrogen and oxygen atoms in total. The van der Waals surface area contributed by atoms with Crippen LogP contribution in [0.4, 0.5) is 0 Å². The van der Waals surface area contributed by atoms with Crippen LogP contribution >= 0.6 is 0 Å². The SMILES string of the molecule is CCCCCCCCC(C(=O)[O-])[N+]1(C)CCc2cc(OC)c3cc2C1Cc1ccc(cc1)Oc1cc(ccc1OC)CC1c2c(cc(OC)cc2O3)CCN1C. The minimum absolute atomic E-state index is 0.00111. The summed E-state index contributed by atoms with van der Waals surface area (Å²) in [7, 11) is 9.32. The number of carbonyl (C=O) groups is 1. The summed E-state index contributed by atoms with van der Waals surface area (Å²) in [5.74, 6) is 3.74. The number of rotatable bonds is 12. The molecule has 56 heavy (non-hydrogen) atoms. The number of unbranched alkanes of at least 4 members (excludes halogenated alkanes) is 5. The topological polar surface area (TPSA) is 89.5 Å². The van der Waals surface area contributed by atoms with Crippen LogP contribution in [0.5, 0.6) is 40.2 Å². The van der Waals surface area contributed by atoms with E-state index in [-0.39, 0.29) is 12.1 Å². The molecule has 8 rings (SSSR count). The Hall–Kier alpha value is -4.73. The van der Waals surface area contributed by atoms with Crippen molar-refractivity contribution >= 4 is 5.97 Å². The predicted octanol–water partition coefficient (Wildman–Crippen LogP) is 8.54. The highest BCUT2D eigenvalue weighted by Crippen LogP contribution is 2.48. The molecule has 4 aliphatic rings. The van der Waals surface area contributed by atoms with Gasteiger partial charge in [-0.2, -0.15) is 0 Å². The number of benzene rings is 4. The van der Waals surface area contributed by atoms with Gasteiger partial charge in [-0.05, 0) is 91.0 Å². The number of fused-ring (bicyclic) bond motifs is 2. The average Bonchev–Trinajstić information content (AvgIpc) is 3.19. The minimum atomic E-state index is -0.980. The molecule has 0 saturated heterocycles. The van der Waals surface area contributed by atoms with E-state index in [2.05, 4.69) is 68.4 Å². The van der Waals surface area contributed by atoms with Gasteiger partial charge in [0.25, 0.3) is 0 Å². The summed E-state index contributed by atoms with van der Waals surface area (Å²) in [4.78, 5) is 15.6. The molecule has 0 spiro atoms. The van der Waals surface area contributed by atoms with Gasteiger partial charge in [-0.15, -0.1) is 0 Å². The third-order valence-corrected chi connectivity index (χ3v) is 12.7. The van der Waals surface area contributed by atoms with Crippen molar-refractivity contribution < 1.29 is 38.1 Å². The molecule has 0 aromatic heterocycles. The van der Waals surface area contributed by atoms with Gasteiger partial charge < -0.3 is 38.1 Å². The number of methoxy groups -OCH3 is 3. The summed E-state index contributed by atoms with van der Waals surface area (Å²) >= 11 is 0. The van der Waals surface area contributed by atoms with Crippen molar-refractivity contribution in [2.45, 2.75) is 95.7 Å². The molecule has 9 heteroatoms. The lowest BCUT2D eigenvalue weighted by atomic mass is 9.84. The average molecular weight is 763 g/mol. The van der Waals surface area contributed by atoms with Crippen molar-refractivity contribution in [1.29, 1.82) is 0 Å². The minimum Gasteiger partial charge on any atom is -0.544 e. The van der Waals surface area contributed by atoms with Crippen LogP contribution in [-0.4, -0.2) is 69.9 Å². The van der Waals surface area contributed by atoms with Crippen LogP contribution in [0.2, 0.25) is 0 Å². The van der Waals surface area contributed by atoms with Gasteiger partial charge in [-0.3, -0.25) is 4.90 Å². The van der Waals surface area contributed by atoms with Gasteiger partial charge in [0.2, 0.25) is 0 Å². The Bertz CT molecular complexity index is 2010. The molecular formula is C47H58N2O7. The zero-order chi connectivity index (χ0) is 39.4. The summed E-state index contributed by atoms with van der Waals surface area (Å²) < 4.78 is 31.6. The lowest BCUT2D eigenvalue weighted by molar-refractivity contribution is -0.958. The van der Waals surface area contributed by atoms with E-state index in [0.717, 1.165) is 71.5 Å². The number of carboxylic acid groups (broad SMARTS) is 1. The van der Waals surface area contributed by atoms with Crippen LogP contribution in [0, 0.1) is 0 Å². The van der Waals surface area contributed by atoms with Crippen LogP contribution in [0.15, 0.2) is 66.7 Å². The van der Waals surface area contributed by atoms with Crippen LogP contribution < -0.4 is 28.8 Å². The van der Waals surface area contributed by atoms with Crippen molar-refractivity contribution in [3.05, 3.63) is 100 Å². The van der Waals surface area contributed by atoms with Crippen LogP contribution in [0.25, 0.3) is 0 Å². The van der Waals surface area contributed by atoms with E-state index in [9.17, 15) is 9.90 Å². The van der Waals surface area contributed by atoms with Crippen LogP contribution in [0.3, 0.4) is 0 Å². The maximum Gasteiger partial charge on any atom is 0.169 e. The highest BCUT2D eigenvalue weighted by atomic mass is 16.5. The number of nitrogens with zero attached hydrogens (tertiary/aromatic N) is 2. The summed E-state index contributed by atoms with van der Waals surface area (Å²) in [5.41, 5.74) is 6.73. The Morgan fingerprint density at radius 2 is 1.54 bits per heavy atom. The number of carbonyl (C=O) groups excluding carboxylic acids is 1. The molecule has 0 saturated carbocycles. The third kappa shape index (κ3) is 8.07. The Balaban J connectivity index is 1.38. The first kappa shape index (κ1) is 39.5. The Labute approximate surface area is 332 Å². The Kier molecular flexibility index (Phi) is 12.1. The number of likely N-dealkylation sites (N-methyl/N-ethyl adjacent to an activating group) is 2. The number of carboxylic acids is 1. The standard InChI is InChI=1S/C47H58N2O7/c1-7-8-9-10-11-12-13-39(47(50)51)49(3)23-21-33-28-42(54-6)44-30-37(33)40(49)25-31-14-17-35(18-15-31)55-43-26-32(16-19-41(43)53-5)24-38-46-34(20-22-48(38)2)27-36(52-4)29-45(46)56-44/h14-19,26-30,38-40H,7-13,20-25H2,1-6H3. The van der Waals surface area contributed by atoms with Gasteiger partial charge in [-0.1, -0.05) is 57.2 Å². The highest BCUT2D eigenvalue weighted by Gasteiger charge is 2.46. The molecule has 0 amide bonds. The van der Waals surface area contributed by atoms with Crippen molar-refractivity contribution in [2.75, 3.05) is 48.5 Å². The molecule has 4 aliphatic heterocycles. The normalized spacial score (nSPS) is 20.8. The monoisotopic (exact) mass is 762 g/mol. The number of hydrogen-bond donors (Lipinski definition) is 0. The van der Waals surface area contributed by atoms with E-state index in [4.69, 9.17) is 23.7 Å². The van der Waals surface area contributed by atoms with Gasteiger partial charge in [0, 0.05) is 49.0 Å². The second kappa shape index (κ2) is 17.2. The molecule has 4 aromatic rings. The molecule has 0 N–H and O–H groups in total. The smallest absolute Gasteiger partial charge is 0.169 e. The molecule has 0 fully saturated rings. The number of hydrogen-bond acceptors (Lipinski definition) is 8. The fraction of sp³-hybridized carbons (Fsp3) is 0.468. The van der Waals surface area contributed by atoms with Gasteiger partial charge in [-0.25, -0.2) is 0 Å². The second-order valence-corrected chi connectivity index (χ2v) is 16.1. The van der Waals surface area contributed by atoms with Crippen LogP contribution in [0.1, 0.15) is 97.3 Å². The molecule has 4 unspecified atom stereocenters. The molecule has 0 radical (unpaired) electrons. The zero-order valence-corrected chi connectivity index (χ0v) is 34.0. The van der Waals surface area contributed by atoms with E-state index in [1.165, 1.54) is 24.8 Å². The molecule has 6 bridgehead atoms. The van der Waals surface area contributed by atoms with Crippen molar-refractivity contribution in [1.82, 2.24) is 4.90 Å². The second-order valence-electron chi connectivity index (χ2n) is 16.1. The zero-order valence-electron chi connectivity index (χ0n) is 34.0. The van der Waals surface area contributed by atoms with Crippen molar-refractivity contribution in [2.24, 2.45) is 0 Å². The maximum atomic E-state index is 13.2. The third-order valence-electron chi connectivity index (χ3n) is 12.7. The van der Waals surface area contributed by atoms with Gasteiger partial charge in [0.05, 0.1) is 40.9 Å². The van der Waals surface area contributed by atoms with E-state index in [1.807, 2.05) is 24.3 Å². The summed E-state index contributed by atoms with van der Waals surface area (Å²) in [6.45, 7) is 3.77. The Morgan fingerprint density at radius 3 is 2.27 bits per heavy atom. The summed E-state index contributed by atoms with van der Waals surface area (Å²) in [6, 6.07) is 21.8. The maximum absolute atomic E-state index is 13.2. The first-order valence-corrected chi connectivity index (χ1v) is 20.4. The first-order valence-electron chi connectivity index (χ1n) is 20.4. The lowest BCUT2D eigenvalue weighted by Crippen LogP contribution is -2.63. The number of ether oxygens (including phenoxy) is 5. The summed E-state index contributed by atoms with van der Waals surface area (Å²) in [6.07, 6.45) is 10.1. The van der Waals surface area contributed by atoms with E-state index >= 15 is 0 Å². The Morgan fingerprint density at radius 1 is 0.804 bits per heavy atom. The molecule has 298 valence electrons. The number of quaternary nitrogens is 1. The lowest BCUT2D eigenvalue weighted by Gasteiger charge is -2.51. The highest BCUT2D eigenvalue weighted by molar-refractivity contribution is 5.70. The summed E-state index contributed by atoms with van der Waals surface area (Å²) in [5, 5.41) is 13.2. The molecule has 4 atom stereocenters. The van der Waals surface area contributed by atoms with Gasteiger partial charge >= 0.3 is 0 Å². The largest absolute Gasteiger partial charge is 0.544 e. The number of aliphatic carboxylic acids is 1. The van der Waals surface area contributed by atoms with Crippen molar-refractivity contribution in [3.63, 3.8) is 0 Å². The fourth-order valence-corrected chi connectivity index (χ4v) is 9.37. The van der Waals surface area contributed by atoms with E-state index in [0.29, 0.717) is 65.5 Å². The quantitative estimate of drug-likeness (QED) is 0.105. The fourth-order valence-electron chi connectivity index (χ4n) is 9.37. The molecule has 0 aliphatic carbocycles. The van der Waals surface area contributed by atoms with Crippen LogP contribution in [-0.2, 0) is 30.5 Å². The molecule has 4 heterocycles. The van der Waals surface area contributed by atoms with Crippen molar-refractivity contribution in [3.8, 4) is 40.2 Å². The first-order chi connectivity index (χ1) is 27.1. The van der Waals surface area contributed by atoms with Gasteiger partial charge in [0.1, 0.15) is 29.3 Å². The van der Waals surface area contributed by atoms with Gasteiger partial charge in [0.15, 0.2) is 23.0 Å². The predicted molar refractivity (Wildman–Crippen MR) is 216 cm³/mol. The van der Waals surface area contributed by atoms with E-state index in [1.54, 1.807) is 21.3 Å². The van der Waals surface area contributed by atoms with E-state index < -0.39 is 12.0 Å². The molecule has 4 aromatic carbocycles.